The summed E-state index contributed by atoms with van der Waals surface area (Å²) >= 11 is 0. The highest BCUT2D eigenvalue weighted by atomic mass is 19.1. The van der Waals surface area contributed by atoms with Crippen molar-refractivity contribution in [3.05, 3.63) is 78.4 Å². The zero-order valence-electron chi connectivity index (χ0n) is 16.2. The van der Waals surface area contributed by atoms with Gasteiger partial charge < -0.3 is 14.7 Å². The lowest BCUT2D eigenvalue weighted by Gasteiger charge is -2.36. The van der Waals surface area contributed by atoms with Crippen LogP contribution in [0.2, 0.25) is 0 Å². The van der Waals surface area contributed by atoms with E-state index in [2.05, 4.69) is 19.8 Å². The van der Waals surface area contributed by atoms with Crippen LogP contribution in [0.3, 0.4) is 0 Å². The first kappa shape index (κ1) is 18.9. The third-order valence-corrected chi connectivity index (χ3v) is 5.06. The highest BCUT2D eigenvalue weighted by molar-refractivity contribution is 6.04. The number of anilines is 3. The quantitative estimate of drug-likeness (QED) is 0.684. The van der Waals surface area contributed by atoms with Gasteiger partial charge in [-0.1, -0.05) is 18.2 Å². The largest absolute Gasteiger partial charge is 0.368 e. The molecule has 0 unspecified atom stereocenters. The van der Waals surface area contributed by atoms with E-state index in [1.807, 2.05) is 30.3 Å². The molecule has 0 spiro atoms. The second-order valence-corrected chi connectivity index (χ2v) is 6.89. The van der Waals surface area contributed by atoms with Gasteiger partial charge in [0.25, 0.3) is 5.91 Å². The molecule has 1 saturated heterocycles. The van der Waals surface area contributed by atoms with E-state index in [4.69, 9.17) is 0 Å². The van der Waals surface area contributed by atoms with Gasteiger partial charge in [0.1, 0.15) is 11.5 Å². The van der Waals surface area contributed by atoms with Crippen molar-refractivity contribution in [3.63, 3.8) is 0 Å². The van der Waals surface area contributed by atoms with Crippen LogP contribution in [0.1, 0.15) is 10.5 Å². The Balaban J connectivity index is 1.44. The van der Waals surface area contributed by atoms with Crippen LogP contribution in [0, 0.1) is 5.82 Å². The summed E-state index contributed by atoms with van der Waals surface area (Å²) < 4.78 is 13.1. The van der Waals surface area contributed by atoms with Crippen molar-refractivity contribution in [2.24, 2.45) is 0 Å². The van der Waals surface area contributed by atoms with Crippen LogP contribution >= 0.6 is 0 Å². The van der Waals surface area contributed by atoms with E-state index in [0.717, 1.165) is 37.6 Å². The molecule has 4 rings (SSSR count). The number of hydrogen-bond acceptors (Lipinski definition) is 5. The summed E-state index contributed by atoms with van der Waals surface area (Å²) in [5.74, 6) is 0.142. The van der Waals surface area contributed by atoms with Gasteiger partial charge in [0.05, 0.1) is 0 Å². The lowest BCUT2D eigenvalue weighted by molar-refractivity contribution is 0.0988. The topological polar surface area (TPSA) is 52.6 Å². The number of carbonyl (C=O) groups is 1. The lowest BCUT2D eigenvalue weighted by Crippen LogP contribution is -2.47. The third-order valence-electron chi connectivity index (χ3n) is 5.06. The number of benzene rings is 2. The molecule has 1 aliphatic rings. The summed E-state index contributed by atoms with van der Waals surface area (Å²) in [6.45, 7) is 3.00. The van der Waals surface area contributed by atoms with Gasteiger partial charge in [-0.15, -0.1) is 0 Å². The predicted octanol–water partition coefficient (Wildman–Crippen LogP) is 3.22. The maximum absolute atomic E-state index is 13.1. The molecule has 0 aliphatic carbocycles. The van der Waals surface area contributed by atoms with Crippen molar-refractivity contribution in [3.8, 4) is 0 Å². The zero-order chi connectivity index (χ0) is 20.2. The molecule has 0 saturated carbocycles. The molecular weight excluding hydrogens is 369 g/mol. The number of hydrogen-bond donors (Lipinski definition) is 0. The molecule has 29 heavy (non-hydrogen) atoms. The lowest BCUT2D eigenvalue weighted by atomic mass is 10.2. The summed E-state index contributed by atoms with van der Waals surface area (Å²) in [6, 6.07) is 17.6. The summed E-state index contributed by atoms with van der Waals surface area (Å²) in [5, 5.41) is 0. The summed E-state index contributed by atoms with van der Waals surface area (Å²) in [4.78, 5) is 27.5. The Hall–Kier alpha value is -3.48. The standard InChI is InChI=1S/C22H22FN5O/c1-26(18-5-3-2-4-6-18)21(29)20-11-12-24-22(25-20)28-15-13-27(14-16-28)19-9-7-17(23)8-10-19/h2-12H,13-16H2,1H3. The van der Waals surface area contributed by atoms with Gasteiger partial charge in [0.2, 0.25) is 5.95 Å². The number of carbonyl (C=O) groups excluding carboxylic acids is 1. The van der Waals surface area contributed by atoms with Crippen LogP contribution in [0.25, 0.3) is 0 Å². The molecule has 1 aromatic heterocycles. The van der Waals surface area contributed by atoms with Gasteiger partial charge in [0, 0.05) is 50.8 Å². The molecule has 0 N–H and O–H groups in total. The monoisotopic (exact) mass is 391 g/mol. The van der Waals surface area contributed by atoms with E-state index in [1.54, 1.807) is 36.3 Å². The van der Waals surface area contributed by atoms with Crippen molar-refractivity contribution in [1.82, 2.24) is 9.97 Å². The number of nitrogens with zero attached hydrogens (tertiary/aromatic N) is 5. The van der Waals surface area contributed by atoms with Crippen molar-refractivity contribution < 1.29 is 9.18 Å². The van der Waals surface area contributed by atoms with Gasteiger partial charge in [0.15, 0.2) is 0 Å². The molecule has 0 radical (unpaired) electrons. The average Bonchev–Trinajstić information content (AvgIpc) is 2.79. The highest BCUT2D eigenvalue weighted by Gasteiger charge is 2.21. The van der Waals surface area contributed by atoms with Crippen LogP contribution in [0.15, 0.2) is 66.9 Å². The van der Waals surface area contributed by atoms with E-state index in [-0.39, 0.29) is 11.7 Å². The first-order valence-electron chi connectivity index (χ1n) is 9.53. The minimum Gasteiger partial charge on any atom is -0.368 e. The Morgan fingerprint density at radius 1 is 0.931 bits per heavy atom. The van der Waals surface area contributed by atoms with Crippen molar-refractivity contribution in [2.45, 2.75) is 0 Å². The summed E-state index contributed by atoms with van der Waals surface area (Å²) in [5.41, 5.74) is 2.17. The Bertz CT molecular complexity index is 972. The first-order valence-corrected chi connectivity index (χ1v) is 9.53. The molecular formula is C22H22FN5O. The fourth-order valence-electron chi connectivity index (χ4n) is 3.38. The maximum atomic E-state index is 13.1. The maximum Gasteiger partial charge on any atom is 0.276 e. The Kier molecular flexibility index (Phi) is 5.37. The number of aromatic nitrogens is 2. The summed E-state index contributed by atoms with van der Waals surface area (Å²) in [6.07, 6.45) is 1.63. The van der Waals surface area contributed by atoms with Crippen molar-refractivity contribution in [1.29, 1.82) is 0 Å². The van der Waals surface area contributed by atoms with Crippen molar-refractivity contribution in [2.75, 3.05) is 47.9 Å². The van der Waals surface area contributed by atoms with Gasteiger partial charge >= 0.3 is 0 Å². The van der Waals surface area contributed by atoms with E-state index >= 15 is 0 Å². The van der Waals surface area contributed by atoms with E-state index < -0.39 is 0 Å². The van der Waals surface area contributed by atoms with Crippen LogP contribution in [0.4, 0.5) is 21.7 Å². The minimum atomic E-state index is -0.234. The van der Waals surface area contributed by atoms with Gasteiger partial charge in [-0.05, 0) is 42.5 Å². The molecule has 1 fully saturated rings. The first-order chi connectivity index (χ1) is 14.1. The number of rotatable bonds is 4. The Labute approximate surface area is 169 Å². The van der Waals surface area contributed by atoms with E-state index in [0.29, 0.717) is 11.6 Å². The second-order valence-electron chi connectivity index (χ2n) is 6.89. The molecule has 2 heterocycles. The number of amides is 1. The molecule has 2 aromatic carbocycles. The number of para-hydroxylation sites is 1. The highest BCUT2D eigenvalue weighted by Crippen LogP contribution is 2.20. The van der Waals surface area contributed by atoms with Crippen LogP contribution in [-0.4, -0.2) is 49.1 Å². The Morgan fingerprint density at radius 3 is 2.28 bits per heavy atom. The third kappa shape index (κ3) is 4.18. The molecule has 148 valence electrons. The smallest absolute Gasteiger partial charge is 0.276 e. The molecule has 0 atom stereocenters. The van der Waals surface area contributed by atoms with E-state index in [9.17, 15) is 9.18 Å². The van der Waals surface area contributed by atoms with E-state index in [1.165, 1.54) is 12.1 Å². The van der Waals surface area contributed by atoms with Crippen molar-refractivity contribution >= 4 is 23.2 Å². The molecule has 1 amide bonds. The second kappa shape index (κ2) is 8.26. The SMILES string of the molecule is CN(C(=O)c1ccnc(N2CCN(c3ccc(F)cc3)CC2)n1)c1ccccc1. The van der Waals surface area contributed by atoms with Gasteiger partial charge in [-0.3, -0.25) is 4.79 Å². The van der Waals surface area contributed by atoms with Crippen LogP contribution < -0.4 is 14.7 Å². The fourth-order valence-corrected chi connectivity index (χ4v) is 3.38. The molecule has 6 nitrogen and oxygen atoms in total. The normalized spacial score (nSPS) is 14.0. The Morgan fingerprint density at radius 2 is 1.59 bits per heavy atom. The summed E-state index contributed by atoms with van der Waals surface area (Å²) in [7, 11) is 1.74. The minimum absolute atomic E-state index is 0.176. The van der Waals surface area contributed by atoms with Gasteiger partial charge in [-0.25, -0.2) is 14.4 Å². The van der Waals surface area contributed by atoms with Gasteiger partial charge in [-0.2, -0.15) is 0 Å². The fraction of sp³-hybridized carbons (Fsp3) is 0.227. The average molecular weight is 391 g/mol. The zero-order valence-corrected chi connectivity index (χ0v) is 16.2. The van der Waals surface area contributed by atoms with Crippen LogP contribution in [0.5, 0.6) is 0 Å². The van der Waals surface area contributed by atoms with Crippen LogP contribution in [-0.2, 0) is 0 Å². The number of piperazine rings is 1. The molecule has 7 heteroatoms. The molecule has 0 bridgehead atoms. The molecule has 3 aromatic rings. The predicted molar refractivity (Wildman–Crippen MR) is 112 cm³/mol. The number of halogens is 1. The molecule has 1 aliphatic heterocycles.